The number of carboxylic acid groups (broad SMARTS) is 1. The lowest BCUT2D eigenvalue weighted by molar-refractivity contribution is -0.142. The highest BCUT2D eigenvalue weighted by atomic mass is 16.5. The van der Waals surface area contributed by atoms with E-state index in [9.17, 15) is 14.4 Å². The number of aliphatic carboxylic acids is 1. The Kier molecular flexibility index (Phi) is 7.28. The smallest absolute Gasteiger partial charge is 0.407 e. The Bertz CT molecular complexity index is 913. The molecule has 0 aliphatic heterocycles. The molecule has 3 rings (SSSR count). The quantitative estimate of drug-likeness (QED) is 0.571. The van der Waals surface area contributed by atoms with Gasteiger partial charge in [-0.1, -0.05) is 62.4 Å². The number of nitrogens with one attached hydrogen (secondary N) is 2. The topological polar surface area (TPSA) is 105 Å². The molecule has 0 radical (unpaired) electrons. The minimum Gasteiger partial charge on any atom is -0.480 e. The number of ether oxygens (including phenoxy) is 1. The lowest BCUT2D eigenvalue weighted by Gasteiger charge is -2.17. The normalized spacial score (nSPS) is 14.1. The maximum Gasteiger partial charge on any atom is 0.407 e. The van der Waals surface area contributed by atoms with E-state index in [-0.39, 0.29) is 37.3 Å². The standard InChI is InChI=1S/C24H28N2O5/c1-3-21(23(28)29)26-22(27)12-15(2)13-25-24(30)31-14-20-18-10-6-4-8-16(18)17-9-5-7-11-19(17)20/h4-11,15,20-21H,3,12-14H2,1-2H3,(H,25,30)(H,26,27)(H,28,29)/t15?,21-/m1/s1. The van der Waals surface area contributed by atoms with Crippen LogP contribution >= 0.6 is 0 Å². The van der Waals surface area contributed by atoms with Crippen molar-refractivity contribution in [2.75, 3.05) is 13.2 Å². The molecule has 1 aliphatic rings. The highest BCUT2D eigenvalue weighted by Gasteiger charge is 2.29. The van der Waals surface area contributed by atoms with E-state index in [1.165, 1.54) is 11.1 Å². The van der Waals surface area contributed by atoms with Crippen LogP contribution in [-0.2, 0) is 14.3 Å². The zero-order valence-corrected chi connectivity index (χ0v) is 17.8. The molecule has 0 heterocycles. The predicted octanol–water partition coefficient (Wildman–Crippen LogP) is 3.53. The second kappa shape index (κ2) is 10.1. The van der Waals surface area contributed by atoms with Gasteiger partial charge in [-0.25, -0.2) is 9.59 Å². The van der Waals surface area contributed by atoms with Crippen LogP contribution in [0.3, 0.4) is 0 Å². The second-order valence-electron chi connectivity index (χ2n) is 7.88. The zero-order chi connectivity index (χ0) is 22.4. The van der Waals surface area contributed by atoms with Gasteiger partial charge in [-0.15, -0.1) is 0 Å². The summed E-state index contributed by atoms with van der Waals surface area (Å²) in [6, 6.07) is 15.4. The molecule has 3 N–H and O–H groups in total. The summed E-state index contributed by atoms with van der Waals surface area (Å²) in [5, 5.41) is 14.2. The van der Waals surface area contributed by atoms with Crippen molar-refractivity contribution in [3.63, 3.8) is 0 Å². The third-order valence-corrected chi connectivity index (χ3v) is 5.51. The molecule has 7 heteroatoms. The van der Waals surface area contributed by atoms with Crippen molar-refractivity contribution >= 4 is 18.0 Å². The van der Waals surface area contributed by atoms with Gasteiger partial charge >= 0.3 is 12.1 Å². The fraction of sp³-hybridized carbons (Fsp3) is 0.375. The first kappa shape index (κ1) is 22.3. The minimum absolute atomic E-state index is 0.0108. The Morgan fingerprint density at radius 3 is 2.16 bits per heavy atom. The number of carboxylic acids is 1. The third kappa shape index (κ3) is 5.42. The number of carbonyl (C=O) groups is 3. The third-order valence-electron chi connectivity index (χ3n) is 5.51. The van der Waals surface area contributed by atoms with Crippen LogP contribution in [0.4, 0.5) is 4.79 Å². The van der Waals surface area contributed by atoms with Crippen molar-refractivity contribution < 1.29 is 24.2 Å². The minimum atomic E-state index is -1.06. The maximum atomic E-state index is 12.2. The van der Waals surface area contributed by atoms with Crippen LogP contribution in [0.5, 0.6) is 0 Å². The molecule has 0 saturated carbocycles. The number of hydrogen-bond donors (Lipinski definition) is 3. The fourth-order valence-electron chi connectivity index (χ4n) is 3.89. The Balaban J connectivity index is 1.48. The maximum absolute atomic E-state index is 12.2. The first-order valence-electron chi connectivity index (χ1n) is 10.5. The molecule has 1 aliphatic carbocycles. The average Bonchev–Trinajstić information content (AvgIpc) is 3.08. The molecule has 2 aromatic carbocycles. The van der Waals surface area contributed by atoms with Crippen LogP contribution in [0.15, 0.2) is 48.5 Å². The van der Waals surface area contributed by atoms with Crippen LogP contribution in [0.25, 0.3) is 11.1 Å². The molecular weight excluding hydrogens is 396 g/mol. The van der Waals surface area contributed by atoms with Crippen molar-refractivity contribution in [3.05, 3.63) is 59.7 Å². The summed E-state index contributed by atoms with van der Waals surface area (Å²) in [6.07, 6.45) is -0.105. The van der Waals surface area contributed by atoms with E-state index < -0.39 is 18.1 Å². The van der Waals surface area contributed by atoms with Gasteiger partial charge in [0.1, 0.15) is 12.6 Å². The van der Waals surface area contributed by atoms with Gasteiger partial charge in [0.2, 0.25) is 5.91 Å². The fourth-order valence-corrected chi connectivity index (χ4v) is 3.89. The Morgan fingerprint density at radius 1 is 1.03 bits per heavy atom. The average molecular weight is 424 g/mol. The van der Waals surface area contributed by atoms with Crippen LogP contribution < -0.4 is 10.6 Å². The summed E-state index contributed by atoms with van der Waals surface area (Å²) < 4.78 is 5.48. The first-order chi connectivity index (χ1) is 14.9. The summed E-state index contributed by atoms with van der Waals surface area (Å²) in [4.78, 5) is 35.2. The number of fused-ring (bicyclic) bond motifs is 3. The summed E-state index contributed by atoms with van der Waals surface area (Å²) in [7, 11) is 0. The van der Waals surface area contributed by atoms with E-state index in [1.807, 2.05) is 31.2 Å². The predicted molar refractivity (Wildman–Crippen MR) is 117 cm³/mol. The first-order valence-corrected chi connectivity index (χ1v) is 10.5. The SMILES string of the molecule is CC[C@@H](NC(=O)CC(C)CNC(=O)OCC1c2ccccc2-c2ccccc21)C(=O)O. The molecule has 2 amide bonds. The molecule has 2 aromatic rings. The van der Waals surface area contributed by atoms with Gasteiger partial charge in [0.05, 0.1) is 0 Å². The van der Waals surface area contributed by atoms with Crippen molar-refractivity contribution in [1.82, 2.24) is 10.6 Å². The Hall–Kier alpha value is -3.35. The molecule has 0 fully saturated rings. The monoisotopic (exact) mass is 424 g/mol. The number of carbonyl (C=O) groups excluding carboxylic acids is 2. The molecule has 0 saturated heterocycles. The van der Waals surface area contributed by atoms with Crippen molar-refractivity contribution in [3.8, 4) is 11.1 Å². The van der Waals surface area contributed by atoms with Crippen molar-refractivity contribution in [1.29, 1.82) is 0 Å². The number of hydrogen-bond acceptors (Lipinski definition) is 4. The van der Waals surface area contributed by atoms with E-state index in [2.05, 4.69) is 34.9 Å². The van der Waals surface area contributed by atoms with E-state index in [4.69, 9.17) is 9.84 Å². The highest BCUT2D eigenvalue weighted by Crippen LogP contribution is 2.44. The molecule has 1 unspecified atom stereocenters. The zero-order valence-electron chi connectivity index (χ0n) is 17.8. The van der Waals surface area contributed by atoms with Gasteiger partial charge in [0.15, 0.2) is 0 Å². The lowest BCUT2D eigenvalue weighted by atomic mass is 9.98. The van der Waals surface area contributed by atoms with Crippen LogP contribution in [0.1, 0.15) is 43.7 Å². The van der Waals surface area contributed by atoms with Gasteiger partial charge in [0.25, 0.3) is 0 Å². The van der Waals surface area contributed by atoms with Gasteiger partial charge in [0, 0.05) is 18.9 Å². The van der Waals surface area contributed by atoms with Gasteiger partial charge in [-0.05, 0) is 34.6 Å². The van der Waals surface area contributed by atoms with Crippen molar-refractivity contribution in [2.24, 2.45) is 5.92 Å². The number of alkyl carbamates (subject to hydrolysis) is 1. The van der Waals surface area contributed by atoms with E-state index in [0.29, 0.717) is 6.42 Å². The summed E-state index contributed by atoms with van der Waals surface area (Å²) in [5.74, 6) is -1.58. The van der Waals surface area contributed by atoms with Gasteiger partial charge in [-0.2, -0.15) is 0 Å². The van der Waals surface area contributed by atoms with Crippen molar-refractivity contribution in [2.45, 2.75) is 38.6 Å². The van der Waals surface area contributed by atoms with E-state index >= 15 is 0 Å². The van der Waals surface area contributed by atoms with E-state index in [0.717, 1.165) is 11.1 Å². The van der Waals surface area contributed by atoms with Crippen LogP contribution in [0, 0.1) is 5.92 Å². The molecule has 0 spiro atoms. The molecule has 2 atom stereocenters. The summed E-state index contributed by atoms with van der Waals surface area (Å²) in [5.41, 5.74) is 4.62. The summed E-state index contributed by atoms with van der Waals surface area (Å²) in [6.45, 7) is 3.99. The molecular formula is C24H28N2O5. The lowest BCUT2D eigenvalue weighted by Crippen LogP contribution is -2.41. The summed E-state index contributed by atoms with van der Waals surface area (Å²) >= 11 is 0. The number of rotatable bonds is 9. The van der Waals surface area contributed by atoms with Gasteiger partial charge < -0.3 is 20.5 Å². The number of benzene rings is 2. The second-order valence-corrected chi connectivity index (χ2v) is 7.88. The Labute approximate surface area is 181 Å². The number of amides is 2. The molecule has 31 heavy (non-hydrogen) atoms. The molecule has 0 aromatic heterocycles. The highest BCUT2D eigenvalue weighted by molar-refractivity contribution is 5.83. The van der Waals surface area contributed by atoms with E-state index in [1.54, 1.807) is 6.92 Å². The van der Waals surface area contributed by atoms with Gasteiger partial charge in [-0.3, -0.25) is 4.79 Å². The molecule has 164 valence electrons. The molecule has 0 bridgehead atoms. The largest absolute Gasteiger partial charge is 0.480 e. The van der Waals surface area contributed by atoms with Crippen LogP contribution in [0.2, 0.25) is 0 Å². The Morgan fingerprint density at radius 2 is 1.61 bits per heavy atom. The van der Waals surface area contributed by atoms with Crippen LogP contribution in [-0.4, -0.2) is 42.3 Å². The molecule has 7 nitrogen and oxygen atoms in total.